The maximum Gasteiger partial charge on any atom is 0.214 e. The second-order valence-corrected chi connectivity index (χ2v) is 9.81. The van der Waals surface area contributed by atoms with Gasteiger partial charge in [0.2, 0.25) is 10.0 Å². The smallest absolute Gasteiger partial charge is 0.214 e. The van der Waals surface area contributed by atoms with Crippen LogP contribution in [-0.2, 0) is 10.0 Å². The van der Waals surface area contributed by atoms with Crippen LogP contribution in [-0.4, -0.2) is 93.2 Å². The Hall–Kier alpha value is 0.0800. The molecule has 0 unspecified atom stereocenters. The van der Waals surface area contributed by atoms with Crippen molar-refractivity contribution in [2.24, 2.45) is 0 Å². The zero-order valence-corrected chi connectivity index (χ0v) is 17.2. The van der Waals surface area contributed by atoms with Gasteiger partial charge in [-0.1, -0.05) is 0 Å². The molecule has 148 valence electrons. The van der Waals surface area contributed by atoms with Crippen molar-refractivity contribution in [1.29, 1.82) is 0 Å². The van der Waals surface area contributed by atoms with Gasteiger partial charge in [-0.2, -0.15) is 4.31 Å². The van der Waals surface area contributed by atoms with Crippen LogP contribution in [0.4, 0.5) is 0 Å². The summed E-state index contributed by atoms with van der Waals surface area (Å²) in [7, 11) is -0.885. The van der Waals surface area contributed by atoms with Crippen LogP contribution < -0.4 is 5.32 Å². The van der Waals surface area contributed by atoms with E-state index < -0.39 is 10.0 Å². The van der Waals surface area contributed by atoms with E-state index in [4.69, 9.17) is 0 Å². The average molecular weight is 395 g/mol. The Labute approximate surface area is 159 Å². The number of halogens is 1. The summed E-state index contributed by atoms with van der Waals surface area (Å²) in [6.45, 7) is 6.58. The van der Waals surface area contributed by atoms with E-state index in [1.54, 1.807) is 4.31 Å². The first-order valence-corrected chi connectivity index (χ1v) is 11.3. The number of nitrogens with zero attached hydrogens (tertiary/aromatic N) is 3. The highest BCUT2D eigenvalue weighted by Gasteiger charge is 2.31. The van der Waals surface area contributed by atoms with E-state index in [2.05, 4.69) is 22.2 Å². The van der Waals surface area contributed by atoms with Crippen LogP contribution in [0, 0.1) is 0 Å². The van der Waals surface area contributed by atoms with Gasteiger partial charge in [0.25, 0.3) is 0 Å². The summed E-state index contributed by atoms with van der Waals surface area (Å²) in [6.07, 6.45) is 6.66. The van der Waals surface area contributed by atoms with Gasteiger partial charge in [0, 0.05) is 38.3 Å². The second kappa shape index (κ2) is 9.85. The predicted molar refractivity (Wildman–Crippen MR) is 105 cm³/mol. The summed E-state index contributed by atoms with van der Waals surface area (Å²) in [5, 5.41) is 3.45. The first kappa shape index (κ1) is 21.4. The molecule has 3 saturated heterocycles. The first-order chi connectivity index (χ1) is 11.5. The van der Waals surface area contributed by atoms with Crippen LogP contribution in [0.3, 0.4) is 0 Å². The highest BCUT2D eigenvalue weighted by Crippen LogP contribution is 2.19. The van der Waals surface area contributed by atoms with Crippen molar-refractivity contribution in [3.05, 3.63) is 0 Å². The summed E-state index contributed by atoms with van der Waals surface area (Å²) >= 11 is 0. The monoisotopic (exact) mass is 394 g/mol. The SMILES string of the molecule is CN1CCC(N2CCN(S(=O)(=O)CCC[C@@H]3CCCN3)CC2)CC1.Cl. The van der Waals surface area contributed by atoms with E-state index in [0.717, 1.165) is 32.5 Å². The van der Waals surface area contributed by atoms with E-state index in [1.165, 1.54) is 38.8 Å². The number of likely N-dealkylation sites (tertiary alicyclic amines) is 1. The molecule has 6 nitrogen and oxygen atoms in total. The normalized spacial score (nSPS) is 28.1. The molecule has 0 bridgehead atoms. The summed E-state index contributed by atoms with van der Waals surface area (Å²) in [5.74, 6) is 0.319. The Morgan fingerprint density at radius 1 is 1.00 bits per heavy atom. The third kappa shape index (κ3) is 6.04. The molecule has 1 N–H and O–H groups in total. The van der Waals surface area contributed by atoms with Crippen molar-refractivity contribution >= 4 is 22.4 Å². The standard InChI is InChI=1S/C17H34N4O2S.ClH/c1-19-9-6-17(7-10-19)20-11-13-21(14-12-20)24(22,23)15-3-5-16-4-2-8-18-16;/h16-18H,2-15H2,1H3;1H/t16-;/m0./s1. The van der Waals surface area contributed by atoms with Gasteiger partial charge in [0.05, 0.1) is 5.75 Å². The predicted octanol–water partition coefficient (Wildman–Crippen LogP) is 0.982. The third-order valence-electron chi connectivity index (χ3n) is 5.99. The van der Waals surface area contributed by atoms with E-state index >= 15 is 0 Å². The van der Waals surface area contributed by atoms with Crippen molar-refractivity contribution in [3.63, 3.8) is 0 Å². The molecule has 0 amide bonds. The lowest BCUT2D eigenvalue weighted by molar-refractivity contribution is 0.0892. The largest absolute Gasteiger partial charge is 0.314 e. The first-order valence-electron chi connectivity index (χ1n) is 9.68. The fourth-order valence-electron chi connectivity index (χ4n) is 4.35. The zero-order valence-electron chi connectivity index (χ0n) is 15.5. The number of hydrogen-bond donors (Lipinski definition) is 1. The van der Waals surface area contributed by atoms with Crippen LogP contribution in [0.5, 0.6) is 0 Å². The van der Waals surface area contributed by atoms with E-state index in [9.17, 15) is 8.42 Å². The van der Waals surface area contributed by atoms with Crippen molar-refractivity contribution in [1.82, 2.24) is 19.4 Å². The molecule has 0 radical (unpaired) electrons. The minimum Gasteiger partial charge on any atom is -0.314 e. The number of rotatable bonds is 6. The highest BCUT2D eigenvalue weighted by molar-refractivity contribution is 7.89. The number of nitrogens with one attached hydrogen (secondary N) is 1. The van der Waals surface area contributed by atoms with Gasteiger partial charge in [0.1, 0.15) is 0 Å². The van der Waals surface area contributed by atoms with Gasteiger partial charge < -0.3 is 10.2 Å². The molecule has 3 aliphatic rings. The van der Waals surface area contributed by atoms with E-state index in [0.29, 0.717) is 30.9 Å². The minimum absolute atomic E-state index is 0. The zero-order chi connectivity index (χ0) is 17.0. The maximum atomic E-state index is 12.6. The molecule has 0 aromatic heterocycles. The molecule has 0 aromatic carbocycles. The molecule has 8 heteroatoms. The lowest BCUT2D eigenvalue weighted by Gasteiger charge is -2.41. The lowest BCUT2D eigenvalue weighted by atomic mass is 10.0. The van der Waals surface area contributed by atoms with Gasteiger partial charge in [-0.05, 0) is 65.2 Å². The van der Waals surface area contributed by atoms with Crippen molar-refractivity contribution < 1.29 is 8.42 Å². The fraction of sp³-hybridized carbons (Fsp3) is 1.00. The quantitative estimate of drug-likeness (QED) is 0.727. The number of piperidine rings is 1. The van der Waals surface area contributed by atoms with Crippen molar-refractivity contribution in [2.45, 2.75) is 50.6 Å². The summed E-state index contributed by atoms with van der Waals surface area (Å²) < 4.78 is 26.9. The lowest BCUT2D eigenvalue weighted by Crippen LogP contribution is -2.54. The Bertz CT molecular complexity index is 483. The molecule has 3 heterocycles. The molecular formula is C17H35ClN4O2S. The van der Waals surface area contributed by atoms with E-state index in [-0.39, 0.29) is 12.4 Å². The highest BCUT2D eigenvalue weighted by atomic mass is 35.5. The Morgan fingerprint density at radius 3 is 2.28 bits per heavy atom. The van der Waals surface area contributed by atoms with Crippen LogP contribution in [0.2, 0.25) is 0 Å². The number of sulfonamides is 1. The molecule has 3 rings (SSSR count). The van der Waals surface area contributed by atoms with Gasteiger partial charge in [-0.25, -0.2) is 8.42 Å². The van der Waals surface area contributed by atoms with Gasteiger partial charge in [-0.3, -0.25) is 4.90 Å². The molecule has 1 atom stereocenters. The third-order valence-corrected chi connectivity index (χ3v) is 7.94. The molecule has 3 fully saturated rings. The maximum absolute atomic E-state index is 12.6. The molecule has 25 heavy (non-hydrogen) atoms. The minimum atomic E-state index is -3.07. The fourth-order valence-corrected chi connectivity index (χ4v) is 5.86. The van der Waals surface area contributed by atoms with Crippen LogP contribution in [0.25, 0.3) is 0 Å². The van der Waals surface area contributed by atoms with Crippen LogP contribution >= 0.6 is 12.4 Å². The van der Waals surface area contributed by atoms with Crippen molar-refractivity contribution in [2.75, 3.05) is 58.6 Å². The summed E-state index contributed by atoms with van der Waals surface area (Å²) in [5.41, 5.74) is 0. The van der Waals surface area contributed by atoms with Crippen LogP contribution in [0.1, 0.15) is 38.5 Å². The number of hydrogen-bond acceptors (Lipinski definition) is 5. The Balaban J connectivity index is 0.00000225. The average Bonchev–Trinajstić information content (AvgIpc) is 3.09. The van der Waals surface area contributed by atoms with Crippen molar-refractivity contribution in [3.8, 4) is 0 Å². The molecular weight excluding hydrogens is 360 g/mol. The van der Waals surface area contributed by atoms with Gasteiger partial charge in [-0.15, -0.1) is 12.4 Å². The molecule has 0 spiro atoms. The van der Waals surface area contributed by atoms with E-state index in [1.807, 2.05) is 0 Å². The number of piperazine rings is 1. The molecule has 0 aromatic rings. The molecule has 3 aliphatic heterocycles. The summed E-state index contributed by atoms with van der Waals surface area (Å²) in [4.78, 5) is 4.90. The molecule has 0 saturated carbocycles. The van der Waals surface area contributed by atoms with Gasteiger partial charge in [0.15, 0.2) is 0 Å². The topological polar surface area (TPSA) is 55.9 Å². The van der Waals surface area contributed by atoms with Gasteiger partial charge >= 0.3 is 0 Å². The second-order valence-electron chi connectivity index (χ2n) is 7.72. The van der Waals surface area contributed by atoms with Crippen LogP contribution in [0.15, 0.2) is 0 Å². The Morgan fingerprint density at radius 2 is 1.68 bits per heavy atom. The summed E-state index contributed by atoms with van der Waals surface area (Å²) in [6, 6.07) is 1.20. The Kier molecular flexibility index (Phi) is 8.43. The molecule has 0 aliphatic carbocycles.